The smallest absolute Gasteiger partial charge is 0.235 e. The van der Waals surface area contributed by atoms with Crippen molar-refractivity contribution in [3.8, 4) is 11.6 Å². The zero-order valence-corrected chi connectivity index (χ0v) is 15.7. The minimum Gasteiger partial charge on any atom is -0.503 e. The van der Waals surface area contributed by atoms with Gasteiger partial charge in [0.15, 0.2) is 5.75 Å². The Kier molecular flexibility index (Phi) is 7.89. The van der Waals surface area contributed by atoms with E-state index in [0.717, 1.165) is 62.7 Å². The lowest BCUT2D eigenvalue weighted by Gasteiger charge is -2.12. The predicted octanol–water partition coefficient (Wildman–Crippen LogP) is 4.65. The first-order valence-electron chi connectivity index (χ1n) is 9.76. The molecule has 0 bridgehead atoms. The average Bonchev–Trinajstić information content (AvgIpc) is 3.20. The minimum absolute atomic E-state index is 0.0450. The first kappa shape index (κ1) is 19.4. The van der Waals surface area contributed by atoms with Gasteiger partial charge in [0.05, 0.1) is 6.33 Å². The molecule has 0 aliphatic rings. The number of hydrogen-bond donors (Lipinski definition) is 2. The molecular formula is C20H33N3O2. The maximum Gasteiger partial charge on any atom is 0.235 e. The summed E-state index contributed by atoms with van der Waals surface area (Å²) >= 11 is 0. The van der Waals surface area contributed by atoms with E-state index < -0.39 is 0 Å². The molecule has 0 saturated carbocycles. The monoisotopic (exact) mass is 347 g/mol. The highest BCUT2D eigenvalue weighted by Crippen LogP contribution is 2.37. The summed E-state index contributed by atoms with van der Waals surface area (Å²) in [5.74, 6) is 0.147. The fourth-order valence-corrected chi connectivity index (χ4v) is 3.40. The Morgan fingerprint density at radius 1 is 0.920 bits per heavy atom. The highest BCUT2D eigenvalue weighted by atomic mass is 16.3. The van der Waals surface area contributed by atoms with Gasteiger partial charge in [0.2, 0.25) is 5.88 Å². The Morgan fingerprint density at radius 2 is 1.64 bits per heavy atom. The van der Waals surface area contributed by atoms with Crippen molar-refractivity contribution in [3.05, 3.63) is 30.0 Å². The van der Waals surface area contributed by atoms with Crippen LogP contribution in [0.3, 0.4) is 0 Å². The van der Waals surface area contributed by atoms with Gasteiger partial charge in [0.1, 0.15) is 0 Å². The number of nitrogens with zero attached hydrogens (tertiary/aromatic N) is 3. The molecule has 5 nitrogen and oxygen atoms in total. The molecule has 5 heteroatoms. The number of rotatable bonds is 12. The number of aryl methyl sites for hydroxylation is 1. The second-order valence-electron chi connectivity index (χ2n) is 6.82. The lowest BCUT2D eigenvalue weighted by Crippen LogP contribution is -2.07. The van der Waals surface area contributed by atoms with E-state index in [9.17, 15) is 10.2 Å². The van der Waals surface area contributed by atoms with E-state index in [0.29, 0.717) is 6.54 Å². The molecule has 2 aromatic rings. The standard InChI is InChI=1S/C20H33N3O2/c1-3-5-7-10-17-18(11-8-6-4-2)23(20(25)19(17)24)14-9-13-22-15-12-21-16-22/h12,15-16,24-25H,3-11,13-14H2,1-2H3. The maximum atomic E-state index is 10.5. The molecule has 0 saturated heterocycles. The van der Waals surface area contributed by atoms with Crippen LogP contribution in [0.1, 0.15) is 70.1 Å². The van der Waals surface area contributed by atoms with Gasteiger partial charge >= 0.3 is 0 Å². The summed E-state index contributed by atoms with van der Waals surface area (Å²) in [6, 6.07) is 0. The largest absolute Gasteiger partial charge is 0.503 e. The van der Waals surface area contributed by atoms with Crippen molar-refractivity contribution < 1.29 is 10.2 Å². The topological polar surface area (TPSA) is 63.2 Å². The van der Waals surface area contributed by atoms with Crippen LogP contribution in [0, 0.1) is 0 Å². The Labute approximate surface area is 151 Å². The van der Waals surface area contributed by atoms with Gasteiger partial charge in [0, 0.05) is 36.7 Å². The lowest BCUT2D eigenvalue weighted by atomic mass is 10.0. The summed E-state index contributed by atoms with van der Waals surface area (Å²) < 4.78 is 3.97. The van der Waals surface area contributed by atoms with Crippen LogP contribution in [-0.2, 0) is 25.9 Å². The normalized spacial score (nSPS) is 11.3. The first-order valence-corrected chi connectivity index (χ1v) is 9.76. The fourth-order valence-electron chi connectivity index (χ4n) is 3.40. The van der Waals surface area contributed by atoms with E-state index in [2.05, 4.69) is 18.8 Å². The Balaban J connectivity index is 2.11. The molecule has 0 aliphatic carbocycles. The molecule has 25 heavy (non-hydrogen) atoms. The van der Waals surface area contributed by atoms with Gasteiger partial charge in [-0.05, 0) is 32.1 Å². The van der Waals surface area contributed by atoms with Crippen LogP contribution in [0.5, 0.6) is 11.6 Å². The summed E-state index contributed by atoms with van der Waals surface area (Å²) in [6.45, 7) is 5.95. The van der Waals surface area contributed by atoms with Crippen molar-refractivity contribution in [1.82, 2.24) is 14.1 Å². The molecule has 0 fully saturated rings. The van der Waals surface area contributed by atoms with Crippen LogP contribution in [0.15, 0.2) is 18.7 Å². The summed E-state index contributed by atoms with van der Waals surface area (Å²) in [7, 11) is 0. The molecule has 0 atom stereocenters. The van der Waals surface area contributed by atoms with Crippen molar-refractivity contribution in [2.45, 2.75) is 84.7 Å². The first-order chi connectivity index (χ1) is 12.2. The van der Waals surface area contributed by atoms with E-state index >= 15 is 0 Å². The molecule has 2 rings (SSSR count). The number of hydrogen-bond acceptors (Lipinski definition) is 3. The number of imidazole rings is 1. The Morgan fingerprint density at radius 3 is 2.28 bits per heavy atom. The van der Waals surface area contributed by atoms with Crippen LogP contribution in [0.2, 0.25) is 0 Å². The zero-order chi connectivity index (χ0) is 18.1. The number of aromatic nitrogens is 3. The highest BCUT2D eigenvalue weighted by Gasteiger charge is 2.21. The number of unbranched alkanes of at least 4 members (excludes halogenated alkanes) is 4. The van der Waals surface area contributed by atoms with Gasteiger partial charge < -0.3 is 19.3 Å². The average molecular weight is 348 g/mol. The molecule has 0 radical (unpaired) electrons. The van der Waals surface area contributed by atoms with Crippen molar-refractivity contribution in [1.29, 1.82) is 0 Å². The van der Waals surface area contributed by atoms with E-state index in [1.54, 1.807) is 6.20 Å². The van der Waals surface area contributed by atoms with Gasteiger partial charge in [-0.15, -0.1) is 0 Å². The summed E-state index contributed by atoms with van der Waals surface area (Å²) in [5.41, 5.74) is 2.09. The molecule has 0 unspecified atom stereocenters. The van der Waals surface area contributed by atoms with Gasteiger partial charge in [-0.3, -0.25) is 0 Å². The number of aromatic hydroxyl groups is 2. The van der Waals surface area contributed by atoms with Crippen LogP contribution in [0.25, 0.3) is 0 Å². The predicted molar refractivity (Wildman–Crippen MR) is 101 cm³/mol. The molecule has 2 N–H and O–H groups in total. The second-order valence-corrected chi connectivity index (χ2v) is 6.82. The fraction of sp³-hybridized carbons (Fsp3) is 0.650. The molecular weight excluding hydrogens is 314 g/mol. The Hall–Kier alpha value is -1.91. The van der Waals surface area contributed by atoms with Gasteiger partial charge in [-0.1, -0.05) is 39.5 Å². The van der Waals surface area contributed by atoms with Crippen molar-refractivity contribution in [2.75, 3.05) is 0 Å². The minimum atomic E-state index is 0.0450. The summed E-state index contributed by atoms with van der Waals surface area (Å²) in [4.78, 5) is 4.06. The molecule has 140 valence electrons. The van der Waals surface area contributed by atoms with Crippen LogP contribution < -0.4 is 0 Å². The maximum absolute atomic E-state index is 10.5. The molecule has 2 aromatic heterocycles. The highest BCUT2D eigenvalue weighted by molar-refractivity contribution is 5.47. The third-order valence-corrected chi connectivity index (χ3v) is 4.83. The van der Waals surface area contributed by atoms with Crippen LogP contribution in [-0.4, -0.2) is 24.3 Å². The molecule has 0 spiro atoms. The zero-order valence-electron chi connectivity index (χ0n) is 15.7. The quantitative estimate of drug-likeness (QED) is 0.549. The van der Waals surface area contributed by atoms with E-state index in [-0.39, 0.29) is 11.6 Å². The molecule has 0 amide bonds. The lowest BCUT2D eigenvalue weighted by molar-refractivity contribution is 0.364. The van der Waals surface area contributed by atoms with Gasteiger partial charge in [0.25, 0.3) is 0 Å². The van der Waals surface area contributed by atoms with E-state index in [1.807, 2.05) is 21.7 Å². The van der Waals surface area contributed by atoms with Crippen LogP contribution >= 0.6 is 0 Å². The molecule has 2 heterocycles. The summed E-state index contributed by atoms with van der Waals surface area (Å²) in [6.07, 6.45) is 15.0. The third-order valence-electron chi connectivity index (χ3n) is 4.83. The van der Waals surface area contributed by atoms with Crippen molar-refractivity contribution in [3.63, 3.8) is 0 Å². The molecule has 0 aromatic carbocycles. The second kappa shape index (κ2) is 10.2. The third kappa shape index (κ3) is 5.28. The van der Waals surface area contributed by atoms with Crippen LogP contribution in [0.4, 0.5) is 0 Å². The summed E-state index contributed by atoms with van der Waals surface area (Å²) in [5, 5.41) is 20.9. The van der Waals surface area contributed by atoms with Gasteiger partial charge in [-0.25, -0.2) is 4.98 Å². The Bertz CT molecular complexity index is 617. The van der Waals surface area contributed by atoms with E-state index in [4.69, 9.17) is 0 Å². The molecule has 0 aliphatic heterocycles. The van der Waals surface area contributed by atoms with Crippen molar-refractivity contribution >= 4 is 0 Å². The van der Waals surface area contributed by atoms with E-state index in [1.165, 1.54) is 12.8 Å². The SMILES string of the molecule is CCCCCc1c(O)c(O)n(CCCn2ccnc2)c1CCCCC. The van der Waals surface area contributed by atoms with Gasteiger partial charge in [-0.2, -0.15) is 0 Å². The van der Waals surface area contributed by atoms with Crippen molar-refractivity contribution in [2.24, 2.45) is 0 Å².